The van der Waals surface area contributed by atoms with E-state index in [1.54, 1.807) is 0 Å². The van der Waals surface area contributed by atoms with Gasteiger partial charge in [-0.3, -0.25) is 4.57 Å². The van der Waals surface area contributed by atoms with Gasteiger partial charge in [0, 0.05) is 6.20 Å². The van der Waals surface area contributed by atoms with E-state index in [4.69, 9.17) is 19.9 Å². The SMILES string of the molecule is Nc1ccn([C@@H]2O[C@H](CO)[C@@H](O[C@@H]3O[C@H](CO)[C@H](O)[C@H](O)[C@H]3O)[C@H](O)[C@H]2O)c(=O)n1. The Morgan fingerprint density at radius 3 is 2.23 bits per heavy atom. The number of hydrogen-bond donors (Lipinski definition) is 8. The lowest BCUT2D eigenvalue weighted by molar-refractivity contribution is -0.346. The number of aliphatic hydroxyl groups excluding tert-OH is 7. The highest BCUT2D eigenvalue weighted by atomic mass is 16.7. The molecule has 1 aromatic rings. The summed E-state index contributed by atoms with van der Waals surface area (Å²) in [4.78, 5) is 15.5. The minimum atomic E-state index is -1.77. The number of rotatable bonds is 5. The molecule has 0 spiro atoms. The largest absolute Gasteiger partial charge is 0.394 e. The van der Waals surface area contributed by atoms with Crippen LogP contribution in [0.25, 0.3) is 0 Å². The van der Waals surface area contributed by atoms with E-state index in [-0.39, 0.29) is 5.82 Å². The molecule has 2 aliphatic heterocycles. The second-order valence-corrected chi connectivity index (χ2v) is 7.07. The van der Waals surface area contributed by atoms with Gasteiger partial charge in [-0.15, -0.1) is 0 Å². The molecule has 2 saturated heterocycles. The van der Waals surface area contributed by atoms with Gasteiger partial charge in [0.25, 0.3) is 0 Å². The Morgan fingerprint density at radius 2 is 1.63 bits per heavy atom. The number of nitrogens with zero attached hydrogens (tertiary/aromatic N) is 2. The smallest absolute Gasteiger partial charge is 0.351 e. The van der Waals surface area contributed by atoms with Gasteiger partial charge in [0.1, 0.15) is 54.6 Å². The molecule has 2 fully saturated rings. The van der Waals surface area contributed by atoms with Gasteiger partial charge in [0.05, 0.1) is 13.2 Å². The Bertz CT molecular complexity index is 775. The molecule has 2 aliphatic rings. The van der Waals surface area contributed by atoms with Crippen molar-refractivity contribution in [2.45, 2.75) is 61.3 Å². The van der Waals surface area contributed by atoms with Crippen molar-refractivity contribution < 1.29 is 50.0 Å². The average Bonchev–Trinajstić information content (AvgIpc) is 2.72. The quantitative estimate of drug-likeness (QED) is 0.216. The summed E-state index contributed by atoms with van der Waals surface area (Å²) in [6, 6.07) is 1.27. The van der Waals surface area contributed by atoms with E-state index >= 15 is 0 Å². The molecular formula is C16H25N3O11. The summed E-state index contributed by atoms with van der Waals surface area (Å²) in [5.74, 6) is -0.0652. The molecule has 14 heteroatoms. The third kappa shape index (κ3) is 4.19. The van der Waals surface area contributed by atoms with Crippen molar-refractivity contribution in [3.05, 3.63) is 22.7 Å². The molecule has 0 amide bonds. The first-order chi connectivity index (χ1) is 14.2. The van der Waals surface area contributed by atoms with E-state index in [0.29, 0.717) is 0 Å². The summed E-state index contributed by atoms with van der Waals surface area (Å²) in [5, 5.41) is 69.7. The third-order valence-electron chi connectivity index (χ3n) is 5.10. The highest BCUT2D eigenvalue weighted by Gasteiger charge is 2.50. The Kier molecular flexibility index (Phi) is 7.03. The average molecular weight is 435 g/mol. The van der Waals surface area contributed by atoms with Gasteiger partial charge in [0.15, 0.2) is 12.5 Å². The number of anilines is 1. The monoisotopic (exact) mass is 435 g/mol. The molecule has 0 aliphatic carbocycles. The third-order valence-corrected chi connectivity index (χ3v) is 5.10. The maximum absolute atomic E-state index is 12.0. The van der Waals surface area contributed by atoms with Crippen LogP contribution < -0.4 is 11.4 Å². The summed E-state index contributed by atoms with van der Waals surface area (Å²) in [6.07, 6.45) is -14.5. The van der Waals surface area contributed by atoms with E-state index in [0.717, 1.165) is 4.57 Å². The maximum atomic E-state index is 12.0. The zero-order valence-electron chi connectivity index (χ0n) is 15.6. The van der Waals surface area contributed by atoms with Crippen molar-refractivity contribution in [1.82, 2.24) is 9.55 Å². The molecule has 0 radical (unpaired) electrons. The first kappa shape index (κ1) is 23.0. The van der Waals surface area contributed by atoms with Gasteiger partial charge in [0.2, 0.25) is 0 Å². The van der Waals surface area contributed by atoms with Crippen LogP contribution in [0, 0.1) is 0 Å². The summed E-state index contributed by atoms with van der Waals surface area (Å²) in [5.41, 5.74) is 4.56. The second-order valence-electron chi connectivity index (χ2n) is 7.07. The standard InChI is InChI=1S/C16H25N3O11/c17-7-1-2-19(16(27)18-7)14-11(25)10(24)13(6(4-21)28-14)30-15-12(26)9(23)8(22)5(3-20)29-15/h1-2,5-6,8-15,20-26H,3-4H2,(H2,17,18,27)/t5-,6-,8+,9+,10-,11-,12-,13-,14-,15+/m1/s1. The Morgan fingerprint density at radius 1 is 0.967 bits per heavy atom. The molecule has 170 valence electrons. The topological polar surface area (TPSA) is 230 Å². The van der Waals surface area contributed by atoms with Crippen molar-refractivity contribution in [2.24, 2.45) is 0 Å². The van der Waals surface area contributed by atoms with E-state index in [1.165, 1.54) is 12.3 Å². The Balaban J connectivity index is 1.80. The van der Waals surface area contributed by atoms with Crippen LogP contribution in [0.5, 0.6) is 0 Å². The molecular weight excluding hydrogens is 410 g/mol. The predicted molar refractivity (Wildman–Crippen MR) is 94.6 cm³/mol. The number of nitrogen functional groups attached to an aromatic ring is 1. The number of aromatic nitrogens is 2. The van der Waals surface area contributed by atoms with Crippen LogP contribution in [0.3, 0.4) is 0 Å². The molecule has 3 rings (SSSR count). The number of nitrogens with two attached hydrogens (primary N) is 1. The van der Waals surface area contributed by atoms with Gasteiger partial charge in [-0.2, -0.15) is 4.98 Å². The molecule has 0 bridgehead atoms. The lowest BCUT2D eigenvalue weighted by Crippen LogP contribution is -2.64. The van der Waals surface area contributed by atoms with Crippen LogP contribution >= 0.6 is 0 Å². The fourth-order valence-corrected chi connectivity index (χ4v) is 3.42. The maximum Gasteiger partial charge on any atom is 0.351 e. The van der Waals surface area contributed by atoms with Crippen LogP contribution in [0.15, 0.2) is 17.1 Å². The van der Waals surface area contributed by atoms with E-state index in [9.17, 15) is 40.5 Å². The number of aliphatic hydroxyl groups is 7. The fraction of sp³-hybridized carbons (Fsp3) is 0.750. The summed E-state index contributed by atoms with van der Waals surface area (Å²) in [6.45, 7) is -1.42. The highest BCUT2D eigenvalue weighted by molar-refractivity contribution is 5.23. The molecule has 10 atom stereocenters. The van der Waals surface area contributed by atoms with Crippen LogP contribution in [0.4, 0.5) is 5.82 Å². The number of hydrogen-bond acceptors (Lipinski definition) is 13. The summed E-state index contributed by atoms with van der Waals surface area (Å²) >= 11 is 0. The predicted octanol–water partition coefficient (Wildman–Crippen LogP) is -5.38. The molecule has 0 unspecified atom stereocenters. The number of ether oxygens (including phenoxy) is 3. The normalized spacial score (nSPS) is 42.2. The highest BCUT2D eigenvalue weighted by Crippen LogP contribution is 2.32. The first-order valence-electron chi connectivity index (χ1n) is 9.12. The summed E-state index contributed by atoms with van der Waals surface area (Å²) in [7, 11) is 0. The van der Waals surface area contributed by atoms with Gasteiger partial charge >= 0.3 is 5.69 Å². The Hall–Kier alpha value is -1.72. The van der Waals surface area contributed by atoms with Crippen molar-refractivity contribution in [2.75, 3.05) is 18.9 Å². The molecule has 3 heterocycles. The zero-order valence-corrected chi connectivity index (χ0v) is 15.6. The first-order valence-corrected chi connectivity index (χ1v) is 9.12. The van der Waals surface area contributed by atoms with Gasteiger partial charge < -0.3 is 55.7 Å². The minimum absolute atomic E-state index is 0.0652. The minimum Gasteiger partial charge on any atom is -0.394 e. The lowest BCUT2D eigenvalue weighted by atomic mass is 9.96. The van der Waals surface area contributed by atoms with Gasteiger partial charge in [-0.05, 0) is 6.07 Å². The second kappa shape index (κ2) is 9.19. The van der Waals surface area contributed by atoms with Gasteiger partial charge in [-0.25, -0.2) is 4.79 Å². The van der Waals surface area contributed by atoms with Crippen LogP contribution in [-0.2, 0) is 14.2 Å². The molecule has 0 saturated carbocycles. The molecule has 14 nitrogen and oxygen atoms in total. The van der Waals surface area contributed by atoms with E-state index in [1.807, 2.05) is 0 Å². The lowest BCUT2D eigenvalue weighted by Gasteiger charge is -2.46. The summed E-state index contributed by atoms with van der Waals surface area (Å²) < 4.78 is 17.0. The van der Waals surface area contributed by atoms with Crippen LogP contribution in [-0.4, -0.2) is 114 Å². The fourth-order valence-electron chi connectivity index (χ4n) is 3.42. The molecule has 9 N–H and O–H groups in total. The van der Waals surface area contributed by atoms with E-state index in [2.05, 4.69) is 4.98 Å². The Labute approximate surface area is 169 Å². The molecule has 0 aromatic carbocycles. The zero-order chi connectivity index (χ0) is 22.2. The van der Waals surface area contributed by atoms with Crippen LogP contribution in [0.2, 0.25) is 0 Å². The van der Waals surface area contributed by atoms with E-state index < -0.39 is 80.3 Å². The van der Waals surface area contributed by atoms with Crippen molar-refractivity contribution >= 4 is 5.82 Å². The van der Waals surface area contributed by atoms with Crippen molar-refractivity contribution in [3.8, 4) is 0 Å². The molecule has 30 heavy (non-hydrogen) atoms. The van der Waals surface area contributed by atoms with Gasteiger partial charge in [-0.1, -0.05) is 0 Å². The van der Waals surface area contributed by atoms with Crippen molar-refractivity contribution in [1.29, 1.82) is 0 Å². The molecule has 1 aromatic heterocycles. The van der Waals surface area contributed by atoms with Crippen LogP contribution in [0.1, 0.15) is 6.23 Å². The van der Waals surface area contributed by atoms with Crippen molar-refractivity contribution in [3.63, 3.8) is 0 Å².